The third-order valence-electron chi connectivity index (χ3n) is 5.03. The highest BCUT2D eigenvalue weighted by atomic mass is 16.5. The Bertz CT molecular complexity index is 732. The molecule has 7 heteroatoms. The van der Waals surface area contributed by atoms with Gasteiger partial charge in [-0.1, -0.05) is 18.2 Å². The van der Waals surface area contributed by atoms with Gasteiger partial charge in [-0.25, -0.2) is 4.79 Å². The van der Waals surface area contributed by atoms with Crippen LogP contribution in [0.15, 0.2) is 30.3 Å². The Balaban J connectivity index is 1.39. The smallest absolute Gasteiger partial charge is 0.317 e. The van der Waals surface area contributed by atoms with Gasteiger partial charge in [0, 0.05) is 56.8 Å². The zero-order valence-corrected chi connectivity index (χ0v) is 15.8. The number of hydrogen-bond acceptors (Lipinski definition) is 3. The lowest BCUT2D eigenvalue weighted by molar-refractivity contribution is -0.121. The lowest BCUT2D eigenvalue weighted by Gasteiger charge is -2.31. The topological polar surface area (TPSA) is 86.5 Å². The number of hydrogen-bond donors (Lipinski definition) is 3. The summed E-state index contributed by atoms with van der Waals surface area (Å²) in [7, 11) is 1.59. The van der Waals surface area contributed by atoms with Crippen LogP contribution in [0.2, 0.25) is 0 Å². The summed E-state index contributed by atoms with van der Waals surface area (Å²) in [6.45, 7) is 2.78. The minimum Gasteiger partial charge on any atom is -0.383 e. The SMILES string of the molecule is COCCNC(=O)CCNC(=O)N1CCC(c2cc3ccccc3[nH]2)CC1. The maximum absolute atomic E-state index is 12.3. The van der Waals surface area contributed by atoms with Gasteiger partial charge < -0.3 is 25.3 Å². The van der Waals surface area contributed by atoms with E-state index >= 15 is 0 Å². The van der Waals surface area contributed by atoms with E-state index in [1.54, 1.807) is 7.11 Å². The van der Waals surface area contributed by atoms with E-state index in [0.29, 0.717) is 25.6 Å². The Labute approximate surface area is 159 Å². The third-order valence-corrected chi connectivity index (χ3v) is 5.03. The van der Waals surface area contributed by atoms with Gasteiger partial charge in [0.05, 0.1) is 6.61 Å². The Morgan fingerprint density at radius 2 is 1.96 bits per heavy atom. The minimum atomic E-state index is -0.0882. The molecular formula is C20H28N4O3. The molecule has 0 aliphatic carbocycles. The van der Waals surface area contributed by atoms with Crippen LogP contribution < -0.4 is 10.6 Å². The van der Waals surface area contributed by atoms with E-state index in [2.05, 4.69) is 33.8 Å². The first kappa shape index (κ1) is 19.2. The first-order valence-corrected chi connectivity index (χ1v) is 9.53. The number of benzene rings is 1. The van der Waals surface area contributed by atoms with E-state index in [-0.39, 0.29) is 18.4 Å². The molecule has 0 atom stereocenters. The van der Waals surface area contributed by atoms with Crippen LogP contribution in [0.3, 0.4) is 0 Å². The molecule has 27 heavy (non-hydrogen) atoms. The summed E-state index contributed by atoms with van der Waals surface area (Å²) in [5.74, 6) is 0.373. The molecular weight excluding hydrogens is 344 g/mol. The summed E-state index contributed by atoms with van der Waals surface area (Å²) in [6.07, 6.45) is 2.16. The molecule has 0 radical (unpaired) electrons. The number of carbonyl (C=O) groups is 2. The van der Waals surface area contributed by atoms with E-state index in [1.807, 2.05) is 17.0 Å². The fraction of sp³-hybridized carbons (Fsp3) is 0.500. The second kappa shape index (κ2) is 9.41. The number of H-pyrrole nitrogens is 1. The third kappa shape index (κ3) is 5.23. The lowest BCUT2D eigenvalue weighted by Crippen LogP contribution is -2.45. The van der Waals surface area contributed by atoms with Gasteiger partial charge in [0.15, 0.2) is 0 Å². The summed E-state index contributed by atoms with van der Waals surface area (Å²) in [5, 5.41) is 6.81. The van der Waals surface area contributed by atoms with Crippen molar-refractivity contribution < 1.29 is 14.3 Å². The fourth-order valence-corrected chi connectivity index (χ4v) is 3.48. The van der Waals surface area contributed by atoms with Gasteiger partial charge in [-0.2, -0.15) is 0 Å². The molecule has 2 heterocycles. The van der Waals surface area contributed by atoms with Gasteiger partial charge in [0.2, 0.25) is 5.91 Å². The van der Waals surface area contributed by atoms with Gasteiger partial charge in [-0.3, -0.25) is 4.79 Å². The van der Waals surface area contributed by atoms with Crippen molar-refractivity contribution in [3.63, 3.8) is 0 Å². The molecule has 1 aliphatic heterocycles. The number of nitrogens with one attached hydrogen (secondary N) is 3. The lowest BCUT2D eigenvalue weighted by atomic mass is 9.94. The number of para-hydroxylation sites is 1. The number of methoxy groups -OCH3 is 1. The molecule has 1 aromatic heterocycles. The first-order chi connectivity index (χ1) is 13.2. The van der Waals surface area contributed by atoms with E-state index in [0.717, 1.165) is 31.4 Å². The number of urea groups is 1. The quantitative estimate of drug-likeness (QED) is 0.651. The molecule has 2 aromatic rings. The van der Waals surface area contributed by atoms with Crippen molar-refractivity contribution in [1.82, 2.24) is 20.5 Å². The van der Waals surface area contributed by atoms with Crippen LogP contribution in [0.4, 0.5) is 4.79 Å². The summed E-state index contributed by atoms with van der Waals surface area (Å²) >= 11 is 0. The zero-order valence-electron chi connectivity index (χ0n) is 15.8. The molecule has 3 rings (SSSR count). The van der Waals surface area contributed by atoms with Crippen molar-refractivity contribution >= 4 is 22.8 Å². The van der Waals surface area contributed by atoms with E-state index in [1.165, 1.54) is 11.1 Å². The van der Waals surface area contributed by atoms with E-state index < -0.39 is 0 Å². The molecule has 1 aromatic carbocycles. The van der Waals surface area contributed by atoms with Crippen molar-refractivity contribution in [2.75, 3.05) is 39.9 Å². The van der Waals surface area contributed by atoms with Gasteiger partial charge in [-0.05, 0) is 30.4 Å². The predicted octanol–water partition coefficient (Wildman–Crippen LogP) is 2.21. The highest BCUT2D eigenvalue weighted by Crippen LogP contribution is 2.29. The number of likely N-dealkylation sites (tertiary alicyclic amines) is 1. The number of aromatic nitrogens is 1. The minimum absolute atomic E-state index is 0.0788. The highest BCUT2D eigenvalue weighted by Gasteiger charge is 2.24. The monoisotopic (exact) mass is 372 g/mol. The van der Waals surface area contributed by atoms with Gasteiger partial charge in [0.1, 0.15) is 0 Å². The van der Waals surface area contributed by atoms with Crippen molar-refractivity contribution in [2.45, 2.75) is 25.2 Å². The predicted molar refractivity (Wildman–Crippen MR) is 105 cm³/mol. The van der Waals surface area contributed by atoms with Crippen LogP contribution in [0.5, 0.6) is 0 Å². The molecule has 1 saturated heterocycles. The van der Waals surface area contributed by atoms with Gasteiger partial charge in [0.25, 0.3) is 0 Å². The maximum atomic E-state index is 12.3. The average Bonchev–Trinajstić information content (AvgIpc) is 3.12. The Kier molecular flexibility index (Phi) is 6.70. The number of piperidine rings is 1. The molecule has 0 spiro atoms. The van der Waals surface area contributed by atoms with Crippen molar-refractivity contribution in [3.8, 4) is 0 Å². The largest absolute Gasteiger partial charge is 0.383 e. The van der Waals surface area contributed by atoms with Gasteiger partial charge in [-0.15, -0.1) is 0 Å². The van der Waals surface area contributed by atoms with Crippen LogP contribution >= 0.6 is 0 Å². The Morgan fingerprint density at radius 1 is 1.19 bits per heavy atom. The van der Waals surface area contributed by atoms with Crippen LogP contribution in [-0.4, -0.2) is 61.7 Å². The van der Waals surface area contributed by atoms with Crippen LogP contribution in [0.25, 0.3) is 10.9 Å². The summed E-state index contributed by atoms with van der Waals surface area (Å²) in [5.41, 5.74) is 2.42. The molecule has 1 aliphatic rings. The second-order valence-corrected chi connectivity index (χ2v) is 6.90. The molecule has 3 amide bonds. The molecule has 146 valence electrons. The Hall–Kier alpha value is -2.54. The van der Waals surface area contributed by atoms with Crippen LogP contribution in [-0.2, 0) is 9.53 Å². The normalized spacial score (nSPS) is 15.1. The highest BCUT2D eigenvalue weighted by molar-refractivity contribution is 5.80. The van der Waals surface area contributed by atoms with E-state index in [9.17, 15) is 9.59 Å². The van der Waals surface area contributed by atoms with Crippen LogP contribution in [0, 0.1) is 0 Å². The standard InChI is InChI=1S/C20H28N4O3/c1-27-13-10-21-19(25)6-9-22-20(26)24-11-7-15(8-12-24)18-14-16-4-2-3-5-17(16)23-18/h2-5,14-15,23H,6-13H2,1H3,(H,21,25)(H,22,26). The molecule has 1 fully saturated rings. The summed E-state index contributed by atoms with van der Waals surface area (Å²) in [4.78, 5) is 29.2. The molecule has 7 nitrogen and oxygen atoms in total. The summed E-state index contributed by atoms with van der Waals surface area (Å²) < 4.78 is 4.88. The molecule has 0 unspecified atom stereocenters. The number of carbonyl (C=O) groups excluding carboxylic acids is 2. The van der Waals surface area contributed by atoms with Gasteiger partial charge >= 0.3 is 6.03 Å². The Morgan fingerprint density at radius 3 is 2.70 bits per heavy atom. The van der Waals surface area contributed by atoms with Crippen molar-refractivity contribution in [2.24, 2.45) is 0 Å². The number of amides is 3. The van der Waals surface area contributed by atoms with Crippen molar-refractivity contribution in [3.05, 3.63) is 36.0 Å². The molecule has 0 saturated carbocycles. The zero-order chi connectivity index (χ0) is 19.1. The second-order valence-electron chi connectivity index (χ2n) is 6.90. The summed E-state index contributed by atoms with van der Waals surface area (Å²) in [6, 6.07) is 10.4. The van der Waals surface area contributed by atoms with Crippen molar-refractivity contribution in [1.29, 1.82) is 0 Å². The molecule has 3 N–H and O–H groups in total. The fourth-order valence-electron chi connectivity index (χ4n) is 3.48. The number of ether oxygens (including phenoxy) is 1. The number of aromatic amines is 1. The van der Waals surface area contributed by atoms with E-state index in [4.69, 9.17) is 4.74 Å². The first-order valence-electron chi connectivity index (χ1n) is 9.53. The number of fused-ring (bicyclic) bond motifs is 1. The number of rotatable bonds is 7. The van der Waals surface area contributed by atoms with Crippen LogP contribution in [0.1, 0.15) is 30.9 Å². The maximum Gasteiger partial charge on any atom is 0.317 e. The number of nitrogens with zero attached hydrogens (tertiary/aromatic N) is 1. The average molecular weight is 372 g/mol. The molecule has 0 bridgehead atoms.